The van der Waals surface area contributed by atoms with Crippen molar-refractivity contribution in [1.82, 2.24) is 4.90 Å². The molecule has 1 aromatic carbocycles. The van der Waals surface area contributed by atoms with E-state index < -0.39 is 0 Å². The van der Waals surface area contributed by atoms with E-state index in [4.69, 9.17) is 4.74 Å². The number of fused-ring (bicyclic) bond motifs is 1. The Labute approximate surface area is 128 Å². The number of aliphatic hydroxyl groups is 1. The van der Waals surface area contributed by atoms with Gasteiger partial charge in [-0.3, -0.25) is 4.90 Å². The van der Waals surface area contributed by atoms with Crippen LogP contribution in [0.2, 0.25) is 0 Å². The predicted octanol–water partition coefficient (Wildman–Crippen LogP) is 3.25. The summed E-state index contributed by atoms with van der Waals surface area (Å²) in [6.07, 6.45) is 3.45. The van der Waals surface area contributed by atoms with Crippen LogP contribution in [-0.4, -0.2) is 41.8 Å². The van der Waals surface area contributed by atoms with Crippen LogP contribution in [0.1, 0.15) is 38.7 Å². The molecular weight excluding hydrogens is 262 g/mol. The van der Waals surface area contributed by atoms with E-state index >= 15 is 0 Å². The summed E-state index contributed by atoms with van der Waals surface area (Å²) in [6, 6.07) is 8.22. The van der Waals surface area contributed by atoms with Crippen LogP contribution in [-0.2, 0) is 0 Å². The number of ether oxygens (including phenoxy) is 1. The molecule has 2 atom stereocenters. The Bertz CT molecular complexity index is 449. The number of hydrogen-bond donors (Lipinski definition) is 1. The highest BCUT2D eigenvalue weighted by Crippen LogP contribution is 2.41. The third-order valence-corrected chi connectivity index (χ3v) is 4.66. The van der Waals surface area contributed by atoms with Gasteiger partial charge in [0.05, 0.1) is 13.2 Å². The van der Waals surface area contributed by atoms with Crippen molar-refractivity contribution in [3.63, 3.8) is 0 Å². The zero-order chi connectivity index (χ0) is 15.3. The van der Waals surface area contributed by atoms with E-state index in [1.165, 1.54) is 12.0 Å². The number of nitrogens with zero attached hydrogens (tertiary/aromatic N) is 1. The molecule has 0 aliphatic carbocycles. The van der Waals surface area contributed by atoms with Crippen LogP contribution in [0, 0.1) is 12.8 Å². The van der Waals surface area contributed by atoms with Crippen molar-refractivity contribution in [3.05, 3.63) is 29.8 Å². The molecule has 3 rings (SSSR count). The maximum Gasteiger partial charge on any atom is 0.119 e. The Morgan fingerprint density at radius 3 is 2.86 bits per heavy atom. The van der Waals surface area contributed by atoms with Gasteiger partial charge in [0, 0.05) is 18.0 Å². The average molecular weight is 291 g/mol. The van der Waals surface area contributed by atoms with Gasteiger partial charge >= 0.3 is 0 Å². The highest BCUT2D eigenvalue weighted by molar-refractivity contribution is 5.27. The smallest absolute Gasteiger partial charge is 0.119 e. The number of benzene rings is 1. The van der Waals surface area contributed by atoms with Gasteiger partial charge in [-0.1, -0.05) is 26.0 Å². The molecule has 0 aromatic heterocycles. The third-order valence-electron chi connectivity index (χ3n) is 4.66. The lowest BCUT2D eigenvalue weighted by molar-refractivity contribution is 0.0996. The summed E-state index contributed by atoms with van der Waals surface area (Å²) in [5, 5.41) is 9.68. The third kappa shape index (κ3) is 3.58. The number of rotatable bonds is 4. The monoisotopic (exact) mass is 291 g/mol. The molecule has 21 heavy (non-hydrogen) atoms. The summed E-state index contributed by atoms with van der Waals surface area (Å²) in [5.41, 5.74) is 1.30. The lowest BCUT2D eigenvalue weighted by Crippen LogP contribution is -2.41. The minimum atomic E-state index is 0.0701. The molecule has 3 nitrogen and oxygen atoms in total. The van der Waals surface area contributed by atoms with Gasteiger partial charge < -0.3 is 9.84 Å². The van der Waals surface area contributed by atoms with Crippen molar-refractivity contribution >= 4 is 0 Å². The molecule has 1 aromatic rings. The van der Waals surface area contributed by atoms with Crippen LogP contribution in [0.15, 0.2) is 24.3 Å². The number of hydrogen-bond acceptors (Lipinski definition) is 3. The highest BCUT2D eigenvalue weighted by Gasteiger charge is 2.47. The van der Waals surface area contributed by atoms with Gasteiger partial charge in [0.2, 0.25) is 0 Å². The molecule has 2 saturated heterocycles. The first-order valence-electron chi connectivity index (χ1n) is 8.27. The first-order chi connectivity index (χ1) is 10.2. The van der Waals surface area contributed by atoms with Gasteiger partial charge in [-0.25, -0.2) is 0 Å². The molecule has 2 fully saturated rings. The summed E-state index contributed by atoms with van der Waals surface area (Å²) in [4.78, 5) is 2.47. The van der Waals surface area contributed by atoms with Crippen molar-refractivity contribution in [2.24, 2.45) is 5.92 Å². The normalized spacial score (nSPS) is 27.9. The van der Waals surface area contributed by atoms with Gasteiger partial charge in [-0.15, -0.1) is 0 Å². The van der Waals surface area contributed by atoms with Crippen molar-refractivity contribution in [2.45, 2.75) is 45.6 Å². The molecular formula is C18H29NO2. The molecule has 2 aliphatic heterocycles. The standard InChI is InChI=1S/C16H23NO2.C2H6/c1-13-4-2-5-15(8-13)19-11-14-9-16(12-18)6-3-7-17(16)10-14;1-2/h2,4-5,8,14,18H,3,6-7,9-12H2,1H3;1-2H3. The largest absolute Gasteiger partial charge is 0.493 e. The first kappa shape index (κ1) is 16.3. The molecule has 0 radical (unpaired) electrons. The Hall–Kier alpha value is -1.06. The van der Waals surface area contributed by atoms with Crippen molar-refractivity contribution in [1.29, 1.82) is 0 Å². The summed E-state index contributed by atoms with van der Waals surface area (Å²) < 4.78 is 5.92. The van der Waals surface area contributed by atoms with Gasteiger partial charge in [-0.05, 0) is 50.4 Å². The van der Waals surface area contributed by atoms with Gasteiger partial charge in [0.1, 0.15) is 5.75 Å². The zero-order valence-corrected chi connectivity index (χ0v) is 13.6. The van der Waals surface area contributed by atoms with Crippen molar-refractivity contribution < 1.29 is 9.84 Å². The Morgan fingerprint density at radius 2 is 2.19 bits per heavy atom. The SMILES string of the molecule is CC.Cc1cccc(OCC2CN3CCCC3(CO)C2)c1. The van der Waals surface area contributed by atoms with Crippen LogP contribution < -0.4 is 4.74 Å². The molecule has 0 spiro atoms. The van der Waals surface area contributed by atoms with E-state index in [1.807, 2.05) is 26.0 Å². The second-order valence-corrected chi connectivity index (χ2v) is 6.13. The Morgan fingerprint density at radius 1 is 1.38 bits per heavy atom. The van der Waals surface area contributed by atoms with Gasteiger partial charge in [-0.2, -0.15) is 0 Å². The molecule has 0 amide bonds. The summed E-state index contributed by atoms with van der Waals surface area (Å²) in [6.45, 7) is 9.36. The van der Waals surface area contributed by atoms with Crippen LogP contribution in [0.25, 0.3) is 0 Å². The predicted molar refractivity (Wildman–Crippen MR) is 86.8 cm³/mol. The lowest BCUT2D eigenvalue weighted by atomic mass is 9.91. The summed E-state index contributed by atoms with van der Waals surface area (Å²) >= 11 is 0. The fourth-order valence-electron chi connectivity index (χ4n) is 3.70. The van der Waals surface area contributed by atoms with E-state index in [2.05, 4.69) is 24.0 Å². The minimum Gasteiger partial charge on any atom is -0.493 e. The quantitative estimate of drug-likeness (QED) is 0.924. The second kappa shape index (κ2) is 7.28. The molecule has 2 aliphatic rings. The topological polar surface area (TPSA) is 32.7 Å². The molecule has 0 saturated carbocycles. The Balaban J connectivity index is 0.000000774. The maximum atomic E-state index is 9.68. The molecule has 0 bridgehead atoms. The second-order valence-electron chi connectivity index (χ2n) is 6.13. The zero-order valence-electron chi connectivity index (χ0n) is 13.6. The summed E-state index contributed by atoms with van der Waals surface area (Å²) in [5.74, 6) is 1.51. The molecule has 2 unspecified atom stereocenters. The maximum absolute atomic E-state index is 9.68. The Kier molecular flexibility index (Phi) is 5.65. The minimum absolute atomic E-state index is 0.0701. The van der Waals surface area contributed by atoms with Gasteiger partial charge in [0.25, 0.3) is 0 Å². The fourth-order valence-corrected chi connectivity index (χ4v) is 3.70. The first-order valence-corrected chi connectivity index (χ1v) is 8.27. The van der Waals surface area contributed by atoms with E-state index in [0.717, 1.165) is 38.3 Å². The van der Waals surface area contributed by atoms with Crippen LogP contribution in [0.3, 0.4) is 0 Å². The van der Waals surface area contributed by atoms with Crippen molar-refractivity contribution in [3.8, 4) is 5.75 Å². The molecule has 1 N–H and O–H groups in total. The van der Waals surface area contributed by atoms with Crippen LogP contribution in [0.4, 0.5) is 0 Å². The molecule has 2 heterocycles. The molecule has 118 valence electrons. The fraction of sp³-hybridized carbons (Fsp3) is 0.667. The van der Waals surface area contributed by atoms with E-state index in [0.29, 0.717) is 12.5 Å². The van der Waals surface area contributed by atoms with Crippen molar-refractivity contribution in [2.75, 3.05) is 26.3 Å². The van der Waals surface area contributed by atoms with E-state index in [-0.39, 0.29) is 5.54 Å². The average Bonchev–Trinajstić information content (AvgIpc) is 3.04. The lowest BCUT2D eigenvalue weighted by Gasteiger charge is -2.29. The number of aliphatic hydroxyl groups excluding tert-OH is 1. The molecule has 3 heteroatoms. The summed E-state index contributed by atoms with van der Waals surface area (Å²) in [7, 11) is 0. The van der Waals surface area contributed by atoms with E-state index in [9.17, 15) is 5.11 Å². The van der Waals surface area contributed by atoms with E-state index in [1.54, 1.807) is 0 Å². The van der Waals surface area contributed by atoms with Gasteiger partial charge in [0.15, 0.2) is 0 Å². The highest BCUT2D eigenvalue weighted by atomic mass is 16.5. The number of aryl methyl sites for hydroxylation is 1. The van der Waals surface area contributed by atoms with Crippen LogP contribution >= 0.6 is 0 Å². The van der Waals surface area contributed by atoms with Crippen LogP contribution in [0.5, 0.6) is 5.75 Å².